The van der Waals surface area contributed by atoms with Crippen LogP contribution in [0.5, 0.6) is 0 Å². The van der Waals surface area contributed by atoms with Gasteiger partial charge in [0, 0.05) is 18.2 Å². The van der Waals surface area contributed by atoms with Crippen LogP contribution >= 0.6 is 12.2 Å². The minimum absolute atomic E-state index is 0.215. The number of anilines is 1. The highest BCUT2D eigenvalue weighted by atomic mass is 32.1. The lowest BCUT2D eigenvalue weighted by Gasteiger charge is -2.07. The van der Waals surface area contributed by atoms with E-state index in [1.165, 1.54) is 12.5 Å². The van der Waals surface area contributed by atoms with Crippen LogP contribution in [0.3, 0.4) is 0 Å². The van der Waals surface area contributed by atoms with Crippen molar-refractivity contribution in [3.63, 3.8) is 0 Å². The zero-order valence-corrected chi connectivity index (χ0v) is 14.2. The zero-order chi connectivity index (χ0) is 17.1. The zero-order valence-electron chi connectivity index (χ0n) is 13.4. The number of hydrogen-bond acceptors (Lipinski definition) is 4. The first-order valence-electron chi connectivity index (χ1n) is 7.63. The van der Waals surface area contributed by atoms with Crippen LogP contribution in [0.4, 0.5) is 5.69 Å². The van der Waals surface area contributed by atoms with Crippen molar-refractivity contribution in [1.29, 1.82) is 0 Å². The fraction of sp³-hybridized carbons (Fsp3) is 0.167. The molecule has 1 amide bonds. The van der Waals surface area contributed by atoms with Crippen molar-refractivity contribution in [1.82, 2.24) is 10.3 Å². The molecule has 0 fully saturated rings. The summed E-state index contributed by atoms with van der Waals surface area (Å²) in [5.74, 6) is 0.363. The van der Waals surface area contributed by atoms with Gasteiger partial charge >= 0.3 is 0 Å². The highest BCUT2D eigenvalue weighted by Crippen LogP contribution is 2.26. The fourth-order valence-corrected chi connectivity index (χ4v) is 2.60. The van der Waals surface area contributed by atoms with Crippen LogP contribution in [0.25, 0.3) is 22.6 Å². The van der Waals surface area contributed by atoms with Crippen LogP contribution in [0, 0.1) is 0 Å². The molecule has 0 saturated heterocycles. The first-order chi connectivity index (χ1) is 11.5. The second kappa shape index (κ2) is 6.80. The van der Waals surface area contributed by atoms with Gasteiger partial charge in [-0.2, -0.15) is 0 Å². The number of thiocarbonyl (C=S) groups is 1. The van der Waals surface area contributed by atoms with Crippen molar-refractivity contribution in [2.45, 2.75) is 20.3 Å². The maximum absolute atomic E-state index is 11.0. The summed E-state index contributed by atoms with van der Waals surface area (Å²) in [5.41, 5.74) is 4.36. The van der Waals surface area contributed by atoms with Crippen LogP contribution in [0.1, 0.15) is 19.4 Å². The van der Waals surface area contributed by atoms with Gasteiger partial charge in [0.2, 0.25) is 11.8 Å². The molecule has 0 saturated carbocycles. The van der Waals surface area contributed by atoms with E-state index in [9.17, 15) is 4.79 Å². The molecule has 3 rings (SSSR count). The molecule has 0 aliphatic rings. The Morgan fingerprint density at radius 2 is 1.96 bits per heavy atom. The van der Waals surface area contributed by atoms with Gasteiger partial charge in [-0.1, -0.05) is 19.1 Å². The smallest absolute Gasteiger partial charge is 0.227 e. The Kier molecular flexibility index (Phi) is 4.57. The third-order valence-corrected chi connectivity index (χ3v) is 3.75. The van der Waals surface area contributed by atoms with E-state index in [4.69, 9.17) is 16.6 Å². The minimum Gasteiger partial charge on any atom is -0.436 e. The van der Waals surface area contributed by atoms with Crippen LogP contribution in [0.15, 0.2) is 46.9 Å². The number of carbonyl (C=O) groups is 1. The molecule has 5 nitrogen and oxygen atoms in total. The molecular formula is C18H17N3O2S. The molecule has 0 radical (unpaired) electrons. The summed E-state index contributed by atoms with van der Waals surface area (Å²) < 4.78 is 5.81. The minimum atomic E-state index is -0.215. The summed E-state index contributed by atoms with van der Waals surface area (Å²) in [6, 6.07) is 13.6. The Balaban J connectivity index is 1.85. The number of nitrogens with one attached hydrogen (secondary N) is 2. The maximum atomic E-state index is 11.0. The van der Waals surface area contributed by atoms with E-state index in [1.807, 2.05) is 30.3 Å². The van der Waals surface area contributed by atoms with Gasteiger partial charge in [0.15, 0.2) is 10.7 Å². The Bertz CT molecular complexity index is 900. The molecule has 0 aliphatic heterocycles. The molecule has 6 heteroatoms. The molecule has 2 aromatic carbocycles. The SMILES string of the molecule is CCc1ccc(-c2nc3cc(NC(=S)NC(C)=O)ccc3o2)cc1. The number of carbonyl (C=O) groups excluding carboxylic acids is 1. The number of benzene rings is 2. The first kappa shape index (κ1) is 16.1. The Labute approximate surface area is 145 Å². The lowest BCUT2D eigenvalue weighted by atomic mass is 10.1. The van der Waals surface area contributed by atoms with Crippen molar-refractivity contribution in [3.05, 3.63) is 48.0 Å². The standard InChI is InChI=1S/C18H17N3O2S/c1-3-12-4-6-13(7-5-12)17-21-15-10-14(8-9-16(15)23-17)20-18(24)19-11(2)22/h4-10H,3H2,1-2H3,(H2,19,20,22,24). The van der Waals surface area contributed by atoms with E-state index in [2.05, 4.69) is 34.7 Å². The van der Waals surface area contributed by atoms with Gasteiger partial charge in [-0.05, 0) is 54.5 Å². The highest BCUT2D eigenvalue weighted by molar-refractivity contribution is 7.80. The summed E-state index contributed by atoms with van der Waals surface area (Å²) in [7, 11) is 0. The molecule has 3 aromatic rings. The van der Waals surface area contributed by atoms with Crippen molar-refractivity contribution in [2.24, 2.45) is 0 Å². The second-order valence-electron chi connectivity index (χ2n) is 5.39. The lowest BCUT2D eigenvalue weighted by Crippen LogP contribution is -2.32. The van der Waals surface area contributed by atoms with E-state index in [1.54, 1.807) is 0 Å². The largest absolute Gasteiger partial charge is 0.436 e. The molecule has 1 aromatic heterocycles. The molecule has 0 bridgehead atoms. The van der Waals surface area contributed by atoms with Crippen molar-refractivity contribution < 1.29 is 9.21 Å². The molecule has 2 N–H and O–H groups in total. The Morgan fingerprint density at radius 3 is 2.62 bits per heavy atom. The monoisotopic (exact) mass is 339 g/mol. The quantitative estimate of drug-likeness (QED) is 0.709. The lowest BCUT2D eigenvalue weighted by molar-refractivity contribution is -0.117. The molecule has 0 aliphatic carbocycles. The molecule has 0 spiro atoms. The maximum Gasteiger partial charge on any atom is 0.227 e. The first-order valence-corrected chi connectivity index (χ1v) is 8.04. The summed E-state index contributed by atoms with van der Waals surface area (Å²) in [5, 5.41) is 5.72. The van der Waals surface area contributed by atoms with Crippen molar-refractivity contribution in [2.75, 3.05) is 5.32 Å². The number of rotatable bonds is 3. The number of fused-ring (bicyclic) bond motifs is 1. The third kappa shape index (κ3) is 3.60. The number of hydrogen-bond donors (Lipinski definition) is 2. The molecule has 24 heavy (non-hydrogen) atoms. The van der Waals surface area contributed by atoms with Gasteiger partial charge in [0.25, 0.3) is 0 Å². The number of aromatic nitrogens is 1. The third-order valence-electron chi connectivity index (χ3n) is 3.54. The van der Waals surface area contributed by atoms with Crippen LogP contribution in [-0.2, 0) is 11.2 Å². The van der Waals surface area contributed by atoms with Gasteiger partial charge in [0.1, 0.15) is 5.52 Å². The predicted octanol–water partition coefficient (Wildman–Crippen LogP) is 3.89. The molecule has 0 unspecified atom stereocenters. The van der Waals surface area contributed by atoms with E-state index in [0.717, 1.165) is 23.2 Å². The van der Waals surface area contributed by atoms with Crippen LogP contribution in [-0.4, -0.2) is 16.0 Å². The molecule has 1 heterocycles. The Morgan fingerprint density at radius 1 is 1.21 bits per heavy atom. The molecule has 0 atom stereocenters. The van der Waals surface area contributed by atoms with E-state index in [-0.39, 0.29) is 11.0 Å². The molecular weight excluding hydrogens is 322 g/mol. The summed E-state index contributed by atoms with van der Waals surface area (Å²) in [4.78, 5) is 15.5. The van der Waals surface area contributed by atoms with Crippen LogP contribution < -0.4 is 10.6 Å². The van der Waals surface area contributed by atoms with E-state index in [0.29, 0.717) is 11.5 Å². The number of nitrogens with zero attached hydrogens (tertiary/aromatic N) is 1. The van der Waals surface area contributed by atoms with E-state index < -0.39 is 0 Å². The molecule has 122 valence electrons. The van der Waals surface area contributed by atoms with E-state index >= 15 is 0 Å². The topological polar surface area (TPSA) is 67.2 Å². The number of oxazole rings is 1. The highest BCUT2D eigenvalue weighted by Gasteiger charge is 2.09. The fourth-order valence-electron chi connectivity index (χ4n) is 2.33. The van der Waals surface area contributed by atoms with Gasteiger partial charge in [-0.3, -0.25) is 4.79 Å². The normalized spacial score (nSPS) is 10.6. The number of aryl methyl sites for hydroxylation is 1. The van der Waals surface area contributed by atoms with Crippen molar-refractivity contribution >= 4 is 40.0 Å². The summed E-state index contributed by atoms with van der Waals surface area (Å²) in [6.07, 6.45) is 0.997. The Hall–Kier alpha value is -2.73. The van der Waals surface area contributed by atoms with Gasteiger partial charge in [0.05, 0.1) is 0 Å². The van der Waals surface area contributed by atoms with Gasteiger partial charge in [-0.25, -0.2) is 4.98 Å². The average Bonchev–Trinajstić information content (AvgIpc) is 2.97. The van der Waals surface area contributed by atoms with Gasteiger partial charge in [-0.15, -0.1) is 0 Å². The van der Waals surface area contributed by atoms with Crippen molar-refractivity contribution in [3.8, 4) is 11.5 Å². The van der Waals surface area contributed by atoms with Gasteiger partial charge < -0.3 is 15.1 Å². The predicted molar refractivity (Wildman–Crippen MR) is 98.9 cm³/mol. The summed E-state index contributed by atoms with van der Waals surface area (Å²) in [6.45, 7) is 3.53. The number of amides is 1. The second-order valence-corrected chi connectivity index (χ2v) is 5.80. The average molecular weight is 339 g/mol. The summed E-state index contributed by atoms with van der Waals surface area (Å²) >= 11 is 5.05. The van der Waals surface area contributed by atoms with Crippen LogP contribution in [0.2, 0.25) is 0 Å².